The molecule has 0 bridgehead atoms. The summed E-state index contributed by atoms with van der Waals surface area (Å²) >= 11 is 0. The maximum Gasteiger partial charge on any atom is 0.293 e. The van der Waals surface area contributed by atoms with E-state index in [4.69, 9.17) is 5.73 Å². The number of rotatable bonds is 5. The third-order valence-electron chi connectivity index (χ3n) is 3.85. The molecular weight excluding hydrogens is 294 g/mol. The van der Waals surface area contributed by atoms with E-state index in [0.717, 1.165) is 31.7 Å². The van der Waals surface area contributed by atoms with E-state index < -0.39 is 14.9 Å². The van der Waals surface area contributed by atoms with Gasteiger partial charge in [0.2, 0.25) is 10.0 Å². The zero-order valence-electron chi connectivity index (χ0n) is 11.9. The van der Waals surface area contributed by atoms with Crippen LogP contribution in [0.1, 0.15) is 32.6 Å². The SMILES string of the molecule is CCN(C1CCCC1)S(=O)(=O)c1ccc(N)c([N+](=O)[O-])c1. The largest absolute Gasteiger partial charge is 0.393 e. The Labute approximate surface area is 123 Å². The van der Waals surface area contributed by atoms with Crippen LogP contribution in [0.3, 0.4) is 0 Å². The zero-order chi connectivity index (χ0) is 15.6. The van der Waals surface area contributed by atoms with Crippen molar-refractivity contribution in [3.63, 3.8) is 0 Å². The number of nitrogens with two attached hydrogens (primary N) is 1. The number of anilines is 1. The standard InChI is InChI=1S/C13H19N3O4S/c1-2-15(10-5-3-4-6-10)21(19,20)11-7-8-12(14)13(9-11)16(17)18/h7-10H,2-6,14H2,1H3. The number of sulfonamides is 1. The van der Waals surface area contributed by atoms with Crippen LogP contribution in [0.5, 0.6) is 0 Å². The quantitative estimate of drug-likeness (QED) is 0.509. The Morgan fingerprint density at radius 2 is 2.00 bits per heavy atom. The lowest BCUT2D eigenvalue weighted by molar-refractivity contribution is -0.384. The topological polar surface area (TPSA) is 107 Å². The van der Waals surface area contributed by atoms with E-state index in [1.54, 1.807) is 6.92 Å². The van der Waals surface area contributed by atoms with Gasteiger partial charge < -0.3 is 5.73 Å². The van der Waals surface area contributed by atoms with Gasteiger partial charge in [-0.05, 0) is 25.0 Å². The van der Waals surface area contributed by atoms with Crippen LogP contribution in [0, 0.1) is 10.1 Å². The maximum atomic E-state index is 12.7. The Kier molecular flexibility index (Phi) is 4.48. The van der Waals surface area contributed by atoms with Gasteiger partial charge in [0.25, 0.3) is 5.69 Å². The first kappa shape index (κ1) is 15.7. The minimum absolute atomic E-state index is 0.0170. The van der Waals surface area contributed by atoms with Crippen LogP contribution in [0.25, 0.3) is 0 Å². The highest BCUT2D eigenvalue weighted by atomic mass is 32.2. The Balaban J connectivity index is 2.42. The van der Waals surface area contributed by atoms with Gasteiger partial charge in [0.15, 0.2) is 0 Å². The summed E-state index contributed by atoms with van der Waals surface area (Å²) in [6.07, 6.45) is 3.70. The van der Waals surface area contributed by atoms with E-state index >= 15 is 0 Å². The molecule has 1 fully saturated rings. The molecule has 1 saturated carbocycles. The fourth-order valence-corrected chi connectivity index (χ4v) is 4.51. The first-order chi connectivity index (χ1) is 9.87. The van der Waals surface area contributed by atoms with E-state index in [-0.39, 0.29) is 22.3 Å². The van der Waals surface area contributed by atoms with Crippen LogP contribution < -0.4 is 5.73 Å². The number of nitro benzene ring substituents is 1. The zero-order valence-corrected chi connectivity index (χ0v) is 12.7. The molecule has 1 aromatic carbocycles. The second-order valence-electron chi connectivity index (χ2n) is 5.12. The third-order valence-corrected chi connectivity index (χ3v) is 5.87. The fourth-order valence-electron chi connectivity index (χ4n) is 2.79. The van der Waals surface area contributed by atoms with Gasteiger partial charge in [0.1, 0.15) is 5.69 Å². The minimum Gasteiger partial charge on any atom is -0.393 e. The molecule has 0 radical (unpaired) electrons. The van der Waals surface area contributed by atoms with Crippen LogP contribution in [0.15, 0.2) is 23.1 Å². The number of benzene rings is 1. The van der Waals surface area contributed by atoms with Gasteiger partial charge in [-0.25, -0.2) is 8.42 Å². The summed E-state index contributed by atoms with van der Waals surface area (Å²) in [6, 6.07) is 3.63. The van der Waals surface area contributed by atoms with Gasteiger partial charge in [-0.15, -0.1) is 0 Å². The Morgan fingerprint density at radius 1 is 1.38 bits per heavy atom. The van der Waals surface area contributed by atoms with Gasteiger partial charge in [0, 0.05) is 18.7 Å². The normalized spacial score (nSPS) is 16.5. The Hall–Kier alpha value is -1.67. The number of nitrogen functional groups attached to an aromatic ring is 1. The molecule has 1 aromatic rings. The fraction of sp³-hybridized carbons (Fsp3) is 0.538. The number of nitro groups is 1. The van der Waals surface area contributed by atoms with Crippen molar-refractivity contribution in [1.82, 2.24) is 4.31 Å². The van der Waals surface area contributed by atoms with Crippen LogP contribution in [-0.4, -0.2) is 30.2 Å². The van der Waals surface area contributed by atoms with Gasteiger partial charge in [0.05, 0.1) is 9.82 Å². The highest BCUT2D eigenvalue weighted by molar-refractivity contribution is 7.89. The molecule has 0 saturated heterocycles. The average molecular weight is 313 g/mol. The van der Waals surface area contributed by atoms with E-state index in [1.807, 2.05) is 0 Å². The molecule has 116 valence electrons. The maximum absolute atomic E-state index is 12.7. The van der Waals surface area contributed by atoms with Crippen LogP contribution in [-0.2, 0) is 10.0 Å². The predicted molar refractivity (Wildman–Crippen MR) is 79.3 cm³/mol. The van der Waals surface area contributed by atoms with Crippen molar-refractivity contribution in [3.8, 4) is 0 Å². The lowest BCUT2D eigenvalue weighted by Gasteiger charge is -2.26. The molecule has 2 rings (SSSR count). The van der Waals surface area contributed by atoms with E-state index in [2.05, 4.69) is 0 Å². The second kappa shape index (κ2) is 5.98. The average Bonchev–Trinajstić information content (AvgIpc) is 2.93. The lowest BCUT2D eigenvalue weighted by Crippen LogP contribution is -2.38. The summed E-state index contributed by atoms with van der Waals surface area (Å²) in [7, 11) is -3.73. The highest BCUT2D eigenvalue weighted by Crippen LogP contribution is 2.31. The predicted octanol–water partition coefficient (Wildman–Crippen LogP) is 2.13. The first-order valence-electron chi connectivity index (χ1n) is 6.93. The summed E-state index contributed by atoms with van der Waals surface area (Å²) in [5.41, 5.74) is 5.10. The molecule has 1 aliphatic rings. The summed E-state index contributed by atoms with van der Waals surface area (Å²) in [4.78, 5) is 10.2. The Bertz CT molecular complexity index is 639. The molecule has 21 heavy (non-hydrogen) atoms. The van der Waals surface area contributed by atoms with Crippen molar-refractivity contribution in [2.24, 2.45) is 0 Å². The van der Waals surface area contributed by atoms with Crippen LogP contribution >= 0.6 is 0 Å². The summed E-state index contributed by atoms with van der Waals surface area (Å²) in [6.45, 7) is 2.13. The molecule has 0 unspecified atom stereocenters. The smallest absolute Gasteiger partial charge is 0.293 e. The summed E-state index contributed by atoms with van der Waals surface area (Å²) in [5.74, 6) is 0. The Morgan fingerprint density at radius 3 is 2.52 bits per heavy atom. The van der Waals surface area contributed by atoms with Gasteiger partial charge in [-0.3, -0.25) is 10.1 Å². The van der Waals surface area contributed by atoms with Crippen molar-refractivity contribution in [2.75, 3.05) is 12.3 Å². The summed E-state index contributed by atoms with van der Waals surface area (Å²) in [5, 5.41) is 10.9. The van der Waals surface area contributed by atoms with Gasteiger partial charge in [-0.1, -0.05) is 19.8 Å². The molecule has 0 atom stereocenters. The molecular formula is C13H19N3O4S. The molecule has 0 amide bonds. The molecule has 8 heteroatoms. The number of hydrogen-bond donors (Lipinski definition) is 1. The van der Waals surface area contributed by atoms with Crippen LogP contribution in [0.4, 0.5) is 11.4 Å². The van der Waals surface area contributed by atoms with E-state index in [0.29, 0.717) is 6.54 Å². The van der Waals surface area contributed by atoms with Crippen molar-refractivity contribution in [3.05, 3.63) is 28.3 Å². The van der Waals surface area contributed by atoms with Gasteiger partial charge in [-0.2, -0.15) is 4.31 Å². The van der Waals surface area contributed by atoms with Crippen molar-refractivity contribution in [2.45, 2.75) is 43.5 Å². The monoisotopic (exact) mass is 313 g/mol. The number of hydrogen-bond acceptors (Lipinski definition) is 5. The summed E-state index contributed by atoms with van der Waals surface area (Å²) < 4.78 is 26.8. The van der Waals surface area contributed by atoms with Gasteiger partial charge >= 0.3 is 0 Å². The van der Waals surface area contributed by atoms with Crippen molar-refractivity contribution < 1.29 is 13.3 Å². The molecule has 2 N–H and O–H groups in total. The second-order valence-corrected chi connectivity index (χ2v) is 7.01. The van der Waals surface area contributed by atoms with Crippen molar-refractivity contribution >= 4 is 21.4 Å². The molecule has 0 aromatic heterocycles. The first-order valence-corrected chi connectivity index (χ1v) is 8.37. The van der Waals surface area contributed by atoms with E-state index in [9.17, 15) is 18.5 Å². The molecule has 0 aliphatic heterocycles. The lowest BCUT2D eigenvalue weighted by atomic mass is 10.2. The van der Waals surface area contributed by atoms with Crippen molar-refractivity contribution in [1.29, 1.82) is 0 Å². The molecule has 0 heterocycles. The highest BCUT2D eigenvalue weighted by Gasteiger charge is 2.33. The third kappa shape index (κ3) is 3.01. The molecule has 0 spiro atoms. The minimum atomic E-state index is -3.73. The molecule has 7 nitrogen and oxygen atoms in total. The van der Waals surface area contributed by atoms with Crippen LogP contribution in [0.2, 0.25) is 0 Å². The van der Waals surface area contributed by atoms with E-state index in [1.165, 1.54) is 16.4 Å². The number of nitrogens with zero attached hydrogens (tertiary/aromatic N) is 2. The molecule has 1 aliphatic carbocycles.